The summed E-state index contributed by atoms with van der Waals surface area (Å²) in [6, 6.07) is 9.66. The third-order valence-corrected chi connectivity index (χ3v) is 5.28. The van der Waals surface area contributed by atoms with Crippen molar-refractivity contribution in [3.8, 4) is 0 Å². The van der Waals surface area contributed by atoms with Crippen molar-refractivity contribution in [2.75, 3.05) is 18.5 Å². The first kappa shape index (κ1) is 20.8. The first-order valence-corrected chi connectivity index (χ1v) is 9.51. The second-order valence-corrected chi connectivity index (χ2v) is 7.52. The van der Waals surface area contributed by atoms with Crippen molar-refractivity contribution in [3.05, 3.63) is 58.9 Å². The number of esters is 1. The summed E-state index contributed by atoms with van der Waals surface area (Å²) in [6.07, 6.45) is 0. The minimum Gasteiger partial charge on any atom is -0.455 e. The number of anilines is 1. The van der Waals surface area contributed by atoms with Gasteiger partial charge in [-0.1, -0.05) is 29.8 Å². The number of hydrogen-bond acceptors (Lipinski definition) is 5. The predicted molar refractivity (Wildman–Crippen MR) is 97.4 cm³/mol. The summed E-state index contributed by atoms with van der Waals surface area (Å²) in [7, 11) is -4.22. The van der Waals surface area contributed by atoms with Crippen molar-refractivity contribution >= 4 is 39.2 Å². The van der Waals surface area contributed by atoms with Crippen molar-refractivity contribution in [1.82, 2.24) is 4.72 Å². The van der Waals surface area contributed by atoms with Gasteiger partial charge in [0.05, 0.1) is 0 Å². The van der Waals surface area contributed by atoms with Gasteiger partial charge in [0.1, 0.15) is 17.3 Å². The van der Waals surface area contributed by atoms with Crippen LogP contribution in [0.25, 0.3) is 0 Å². The van der Waals surface area contributed by atoms with E-state index in [0.29, 0.717) is 16.3 Å². The molecule has 2 N–H and O–H groups in total. The number of amides is 1. The number of sulfonamides is 1. The molecule has 144 valence electrons. The molecule has 0 fully saturated rings. The van der Waals surface area contributed by atoms with Crippen LogP contribution in [-0.2, 0) is 24.3 Å². The number of carbonyl (C=O) groups is 2. The first-order valence-electron chi connectivity index (χ1n) is 7.65. The van der Waals surface area contributed by atoms with Crippen LogP contribution in [0.4, 0.5) is 10.1 Å². The molecule has 0 aliphatic heterocycles. The van der Waals surface area contributed by atoms with E-state index < -0.39 is 45.8 Å². The second-order valence-electron chi connectivity index (χ2n) is 5.38. The number of benzene rings is 2. The van der Waals surface area contributed by atoms with Crippen LogP contribution in [0.1, 0.15) is 5.56 Å². The summed E-state index contributed by atoms with van der Waals surface area (Å²) in [5, 5.41) is 2.99. The molecule has 0 radical (unpaired) electrons. The molecule has 0 saturated heterocycles. The summed E-state index contributed by atoms with van der Waals surface area (Å²) in [5.41, 5.74) is 1.11. The molecule has 0 aliphatic carbocycles. The van der Waals surface area contributed by atoms with Crippen molar-refractivity contribution in [2.45, 2.75) is 11.8 Å². The smallest absolute Gasteiger partial charge is 0.321 e. The van der Waals surface area contributed by atoms with Gasteiger partial charge in [-0.05, 0) is 36.8 Å². The van der Waals surface area contributed by atoms with Crippen LogP contribution in [0, 0.1) is 12.7 Å². The van der Waals surface area contributed by atoms with Gasteiger partial charge in [-0.25, -0.2) is 12.8 Å². The summed E-state index contributed by atoms with van der Waals surface area (Å²) >= 11 is 5.94. The van der Waals surface area contributed by atoms with Gasteiger partial charge in [-0.3, -0.25) is 9.59 Å². The fraction of sp³-hybridized carbons (Fsp3) is 0.176. The molecule has 0 aliphatic rings. The van der Waals surface area contributed by atoms with Gasteiger partial charge in [0, 0.05) is 10.7 Å². The molecule has 2 rings (SSSR count). The van der Waals surface area contributed by atoms with Gasteiger partial charge in [0.25, 0.3) is 5.91 Å². The quantitative estimate of drug-likeness (QED) is 0.676. The minimum atomic E-state index is -4.22. The largest absolute Gasteiger partial charge is 0.455 e. The summed E-state index contributed by atoms with van der Waals surface area (Å²) in [6.45, 7) is 0.341. The lowest BCUT2D eigenvalue weighted by Gasteiger charge is -2.10. The Balaban J connectivity index is 1.85. The lowest BCUT2D eigenvalue weighted by Crippen LogP contribution is -2.32. The first-order chi connectivity index (χ1) is 12.7. The molecule has 7 nitrogen and oxygen atoms in total. The summed E-state index contributed by atoms with van der Waals surface area (Å²) in [4.78, 5) is 22.9. The molecule has 0 spiro atoms. The van der Waals surface area contributed by atoms with Gasteiger partial charge in [-0.2, -0.15) is 4.72 Å². The maximum Gasteiger partial charge on any atom is 0.321 e. The van der Waals surface area contributed by atoms with Gasteiger partial charge < -0.3 is 10.1 Å². The van der Waals surface area contributed by atoms with E-state index in [1.165, 1.54) is 12.1 Å². The maximum absolute atomic E-state index is 13.5. The van der Waals surface area contributed by atoms with Crippen LogP contribution < -0.4 is 10.0 Å². The predicted octanol–water partition coefficient (Wildman–Crippen LogP) is 2.25. The Morgan fingerprint density at radius 2 is 1.85 bits per heavy atom. The number of carbonyl (C=O) groups excluding carboxylic acids is 2. The third kappa shape index (κ3) is 5.75. The van der Waals surface area contributed by atoms with Crippen LogP contribution >= 0.6 is 11.6 Å². The van der Waals surface area contributed by atoms with E-state index in [-0.39, 0.29) is 0 Å². The van der Waals surface area contributed by atoms with Crippen LogP contribution in [0.3, 0.4) is 0 Å². The molecule has 0 saturated carbocycles. The molecular weight excluding hydrogens is 399 g/mol. The van der Waals surface area contributed by atoms with Crippen LogP contribution in [0.5, 0.6) is 0 Å². The van der Waals surface area contributed by atoms with Crippen molar-refractivity contribution < 1.29 is 27.1 Å². The maximum atomic E-state index is 13.5. The topological polar surface area (TPSA) is 102 Å². The normalized spacial score (nSPS) is 11.1. The number of ether oxygens (including phenoxy) is 1. The zero-order valence-electron chi connectivity index (χ0n) is 14.2. The molecule has 0 atom stereocenters. The van der Waals surface area contributed by atoms with E-state index in [1.54, 1.807) is 25.1 Å². The lowest BCUT2D eigenvalue weighted by molar-refractivity contribution is -0.146. The van der Waals surface area contributed by atoms with E-state index >= 15 is 0 Å². The molecule has 2 aromatic carbocycles. The molecule has 10 heteroatoms. The number of halogens is 2. The van der Waals surface area contributed by atoms with Crippen molar-refractivity contribution in [3.63, 3.8) is 0 Å². The van der Waals surface area contributed by atoms with Crippen LogP contribution in [0.2, 0.25) is 5.02 Å². The van der Waals surface area contributed by atoms with Gasteiger partial charge in [0.2, 0.25) is 10.0 Å². The van der Waals surface area contributed by atoms with E-state index in [1.807, 2.05) is 4.72 Å². The second kappa shape index (κ2) is 8.94. The van der Waals surface area contributed by atoms with E-state index in [9.17, 15) is 22.4 Å². The minimum absolute atomic E-state index is 0.462. The monoisotopic (exact) mass is 414 g/mol. The van der Waals surface area contributed by atoms with E-state index in [2.05, 4.69) is 5.32 Å². The highest BCUT2D eigenvalue weighted by atomic mass is 35.5. The molecule has 0 bridgehead atoms. The Kier molecular flexibility index (Phi) is 6.89. The SMILES string of the molecule is Cc1c(Cl)cccc1NC(=O)COC(=O)CNS(=O)(=O)c1ccccc1F. The molecule has 0 unspecified atom stereocenters. The Labute approximate surface area is 160 Å². The third-order valence-electron chi connectivity index (χ3n) is 3.44. The standard InChI is InChI=1S/C17H16ClFN2O5S/c1-11-12(18)5-4-7-14(11)21-16(22)10-26-17(23)9-20-27(24,25)15-8-3-2-6-13(15)19/h2-8,20H,9-10H2,1H3,(H,21,22). The zero-order chi connectivity index (χ0) is 20.0. The van der Waals surface area contributed by atoms with Crippen molar-refractivity contribution in [2.24, 2.45) is 0 Å². The van der Waals surface area contributed by atoms with E-state index in [0.717, 1.165) is 12.1 Å². The number of hydrogen-bond donors (Lipinski definition) is 2. The van der Waals surface area contributed by atoms with Gasteiger partial charge in [-0.15, -0.1) is 0 Å². The number of rotatable bonds is 7. The molecule has 1 amide bonds. The fourth-order valence-corrected chi connectivity index (χ4v) is 3.24. The fourth-order valence-electron chi connectivity index (χ4n) is 2.02. The van der Waals surface area contributed by atoms with Crippen LogP contribution in [0.15, 0.2) is 47.4 Å². The molecular formula is C17H16ClFN2O5S. The molecule has 0 aromatic heterocycles. The average Bonchev–Trinajstić information content (AvgIpc) is 2.62. The zero-order valence-corrected chi connectivity index (χ0v) is 15.7. The van der Waals surface area contributed by atoms with Crippen molar-refractivity contribution in [1.29, 1.82) is 0 Å². The van der Waals surface area contributed by atoms with Gasteiger partial charge >= 0.3 is 5.97 Å². The molecule has 0 heterocycles. The Hall–Kier alpha value is -2.49. The highest BCUT2D eigenvalue weighted by molar-refractivity contribution is 7.89. The highest BCUT2D eigenvalue weighted by Gasteiger charge is 2.20. The van der Waals surface area contributed by atoms with Crippen LogP contribution in [-0.4, -0.2) is 33.4 Å². The van der Waals surface area contributed by atoms with Gasteiger partial charge in [0.15, 0.2) is 6.61 Å². The average molecular weight is 415 g/mol. The Bertz CT molecular complexity index is 966. The Morgan fingerprint density at radius 3 is 2.56 bits per heavy atom. The number of nitrogens with one attached hydrogen (secondary N) is 2. The summed E-state index contributed by atoms with van der Waals surface area (Å²) in [5.74, 6) is -2.56. The Morgan fingerprint density at radius 1 is 1.15 bits per heavy atom. The summed E-state index contributed by atoms with van der Waals surface area (Å²) < 4.78 is 44.1. The molecule has 27 heavy (non-hydrogen) atoms. The molecule has 2 aromatic rings. The highest BCUT2D eigenvalue weighted by Crippen LogP contribution is 2.22. The van der Waals surface area contributed by atoms with E-state index in [4.69, 9.17) is 16.3 Å². The lowest BCUT2D eigenvalue weighted by atomic mass is 10.2.